The van der Waals surface area contributed by atoms with Gasteiger partial charge in [-0.05, 0) is 66.9 Å². The highest BCUT2D eigenvalue weighted by Crippen LogP contribution is 2.39. The van der Waals surface area contributed by atoms with Crippen molar-refractivity contribution in [3.05, 3.63) is 93.0 Å². The van der Waals surface area contributed by atoms with Crippen molar-refractivity contribution in [2.75, 3.05) is 5.32 Å². The van der Waals surface area contributed by atoms with E-state index in [0.29, 0.717) is 20.5 Å². The maximum atomic E-state index is 12.6. The number of nitro benzene ring substituents is 1. The van der Waals surface area contributed by atoms with Gasteiger partial charge in [-0.2, -0.15) is 5.26 Å². The second kappa shape index (κ2) is 9.87. The van der Waals surface area contributed by atoms with E-state index < -0.39 is 10.8 Å². The number of nitro groups is 1. The summed E-state index contributed by atoms with van der Waals surface area (Å²) in [7, 11) is 0. The fourth-order valence-electron chi connectivity index (χ4n) is 3.17. The fraction of sp³-hybridized carbons (Fsp3) is 0.0800. The third kappa shape index (κ3) is 5.14. The van der Waals surface area contributed by atoms with Gasteiger partial charge in [0.1, 0.15) is 11.6 Å². The molecule has 0 bridgehead atoms. The van der Waals surface area contributed by atoms with Gasteiger partial charge in [-0.25, -0.2) is 4.98 Å². The molecule has 7 nitrogen and oxygen atoms in total. The quantitative estimate of drug-likeness (QED) is 0.144. The molecule has 1 aromatic heterocycles. The molecule has 4 aromatic rings. The Morgan fingerprint density at radius 3 is 2.65 bits per heavy atom. The maximum absolute atomic E-state index is 12.6. The number of anilines is 1. The minimum Gasteiger partial charge on any atom is -0.321 e. The molecule has 0 aliphatic heterocycles. The molecule has 9 heteroatoms. The molecule has 1 N–H and O–H groups in total. The number of nitrogens with zero attached hydrogens (tertiary/aromatic N) is 3. The van der Waals surface area contributed by atoms with Crippen LogP contribution in [0.15, 0.2) is 75.5 Å². The topological polar surface area (TPSA) is 109 Å². The van der Waals surface area contributed by atoms with Crippen LogP contribution in [0.5, 0.6) is 0 Å². The number of hydrogen-bond donors (Lipinski definition) is 1. The van der Waals surface area contributed by atoms with Crippen LogP contribution < -0.4 is 5.32 Å². The zero-order valence-electron chi connectivity index (χ0n) is 18.2. The van der Waals surface area contributed by atoms with E-state index in [1.165, 1.54) is 35.2 Å². The van der Waals surface area contributed by atoms with Crippen molar-refractivity contribution >= 4 is 56.7 Å². The molecular weight excluding hydrogens is 468 g/mol. The second-order valence-electron chi connectivity index (χ2n) is 7.46. The number of nitriles is 1. The molecule has 0 spiro atoms. The van der Waals surface area contributed by atoms with Gasteiger partial charge in [0.2, 0.25) is 0 Å². The van der Waals surface area contributed by atoms with Gasteiger partial charge in [-0.15, -0.1) is 11.3 Å². The Balaban J connectivity index is 1.59. The second-order valence-corrected chi connectivity index (χ2v) is 9.78. The standard InChI is InChI=1S/C25H18N4O3S2/c1-15-7-9-19(11-16(15)2)27-24(30)18(14-26)12-17-8-10-23(21(13-17)29(31)32)34-25-28-20-5-3-4-6-22(20)33-25/h3-13H,1-2H3,(H,27,30)/b18-12+. The number of carbonyl (C=O) groups is 1. The number of benzene rings is 3. The number of amides is 1. The Hall–Kier alpha value is -4.00. The van der Waals surface area contributed by atoms with E-state index in [4.69, 9.17) is 0 Å². The summed E-state index contributed by atoms with van der Waals surface area (Å²) < 4.78 is 1.69. The first kappa shape index (κ1) is 23.2. The molecule has 1 heterocycles. The van der Waals surface area contributed by atoms with E-state index in [9.17, 15) is 20.2 Å². The van der Waals surface area contributed by atoms with E-state index in [1.807, 2.05) is 56.3 Å². The van der Waals surface area contributed by atoms with Crippen LogP contribution in [0, 0.1) is 35.3 Å². The molecule has 0 saturated heterocycles. The van der Waals surface area contributed by atoms with E-state index in [-0.39, 0.29) is 11.3 Å². The lowest BCUT2D eigenvalue weighted by Gasteiger charge is -2.07. The van der Waals surface area contributed by atoms with Crippen molar-refractivity contribution in [3.8, 4) is 6.07 Å². The lowest BCUT2D eigenvalue weighted by molar-refractivity contribution is -0.387. The lowest BCUT2D eigenvalue weighted by Crippen LogP contribution is -2.13. The normalized spacial score (nSPS) is 11.3. The Morgan fingerprint density at radius 1 is 1.15 bits per heavy atom. The molecular formula is C25H18N4O3S2. The van der Waals surface area contributed by atoms with Crippen LogP contribution in [0.2, 0.25) is 0 Å². The van der Waals surface area contributed by atoms with Gasteiger partial charge in [0, 0.05) is 11.8 Å². The zero-order valence-corrected chi connectivity index (χ0v) is 19.9. The van der Waals surface area contributed by atoms with Crippen molar-refractivity contribution < 1.29 is 9.72 Å². The van der Waals surface area contributed by atoms with E-state index >= 15 is 0 Å². The van der Waals surface area contributed by atoms with Crippen LogP contribution in [-0.2, 0) is 4.79 Å². The molecule has 0 fully saturated rings. The summed E-state index contributed by atoms with van der Waals surface area (Å²) in [4.78, 5) is 28.8. The Labute approximate surface area is 203 Å². The number of hydrogen-bond acceptors (Lipinski definition) is 7. The largest absolute Gasteiger partial charge is 0.321 e. The fourth-order valence-corrected chi connectivity index (χ4v) is 5.28. The van der Waals surface area contributed by atoms with Crippen LogP contribution in [0.25, 0.3) is 16.3 Å². The summed E-state index contributed by atoms with van der Waals surface area (Å²) in [5.41, 5.74) is 3.62. The van der Waals surface area contributed by atoms with Gasteiger partial charge in [-0.1, -0.05) is 36.0 Å². The first-order chi connectivity index (χ1) is 16.3. The minimum atomic E-state index is -0.582. The zero-order chi connectivity index (χ0) is 24.2. The van der Waals surface area contributed by atoms with Crippen molar-refractivity contribution in [1.82, 2.24) is 4.98 Å². The number of thiazole rings is 1. The summed E-state index contributed by atoms with van der Waals surface area (Å²) in [6.45, 7) is 3.90. The highest BCUT2D eigenvalue weighted by atomic mass is 32.2. The van der Waals surface area contributed by atoms with Crippen LogP contribution in [-0.4, -0.2) is 15.8 Å². The number of aryl methyl sites for hydroxylation is 2. The highest BCUT2D eigenvalue weighted by Gasteiger charge is 2.18. The number of fused-ring (bicyclic) bond motifs is 1. The van der Waals surface area contributed by atoms with Gasteiger partial charge in [0.15, 0.2) is 4.34 Å². The number of rotatable bonds is 6. The molecule has 0 unspecified atom stereocenters. The molecule has 34 heavy (non-hydrogen) atoms. The third-order valence-electron chi connectivity index (χ3n) is 5.09. The molecule has 3 aromatic carbocycles. The molecule has 0 radical (unpaired) electrons. The van der Waals surface area contributed by atoms with Crippen LogP contribution in [0.1, 0.15) is 16.7 Å². The van der Waals surface area contributed by atoms with Crippen molar-refractivity contribution in [2.24, 2.45) is 0 Å². The summed E-state index contributed by atoms with van der Waals surface area (Å²) >= 11 is 2.67. The van der Waals surface area contributed by atoms with E-state index in [2.05, 4.69) is 10.3 Å². The molecule has 0 aliphatic carbocycles. The Bertz CT molecular complexity index is 1470. The van der Waals surface area contributed by atoms with E-state index in [0.717, 1.165) is 21.3 Å². The Morgan fingerprint density at radius 2 is 1.94 bits per heavy atom. The summed E-state index contributed by atoms with van der Waals surface area (Å²) in [5.74, 6) is -0.582. The van der Waals surface area contributed by atoms with Crippen LogP contribution in [0.3, 0.4) is 0 Å². The molecule has 1 amide bonds. The predicted octanol–water partition coefficient (Wildman–Crippen LogP) is 6.52. The average molecular weight is 487 g/mol. The number of carbonyl (C=O) groups excluding carboxylic acids is 1. The molecule has 168 valence electrons. The third-order valence-corrected chi connectivity index (χ3v) is 7.25. The summed E-state index contributed by atoms with van der Waals surface area (Å²) in [6, 6.07) is 19.6. The highest BCUT2D eigenvalue weighted by molar-refractivity contribution is 8.01. The van der Waals surface area contributed by atoms with Crippen molar-refractivity contribution in [1.29, 1.82) is 5.26 Å². The first-order valence-corrected chi connectivity index (χ1v) is 11.8. The van der Waals surface area contributed by atoms with Gasteiger partial charge >= 0.3 is 0 Å². The molecule has 0 atom stereocenters. The van der Waals surface area contributed by atoms with Gasteiger partial charge < -0.3 is 5.32 Å². The lowest BCUT2D eigenvalue weighted by atomic mass is 10.1. The number of aromatic nitrogens is 1. The van der Waals surface area contributed by atoms with Gasteiger partial charge in [0.05, 0.1) is 20.0 Å². The molecule has 0 saturated carbocycles. The maximum Gasteiger partial charge on any atom is 0.283 e. The van der Waals surface area contributed by atoms with Crippen molar-refractivity contribution in [3.63, 3.8) is 0 Å². The molecule has 0 aliphatic rings. The number of nitrogens with one attached hydrogen (secondary N) is 1. The molecule has 4 rings (SSSR count). The van der Waals surface area contributed by atoms with Gasteiger partial charge in [0.25, 0.3) is 11.6 Å². The van der Waals surface area contributed by atoms with Crippen LogP contribution >= 0.6 is 23.1 Å². The predicted molar refractivity (Wildman–Crippen MR) is 135 cm³/mol. The Kier molecular flexibility index (Phi) is 6.72. The monoisotopic (exact) mass is 486 g/mol. The summed E-state index contributed by atoms with van der Waals surface area (Å²) in [6.07, 6.45) is 1.34. The SMILES string of the molecule is Cc1ccc(NC(=O)/C(C#N)=C/c2ccc(Sc3nc4ccccc4s3)c([N+](=O)[O-])c2)cc1C. The number of para-hydroxylation sites is 1. The summed E-state index contributed by atoms with van der Waals surface area (Å²) in [5, 5.41) is 23.9. The first-order valence-electron chi connectivity index (χ1n) is 10.2. The van der Waals surface area contributed by atoms with Crippen molar-refractivity contribution in [2.45, 2.75) is 23.1 Å². The smallest absolute Gasteiger partial charge is 0.283 e. The van der Waals surface area contributed by atoms with E-state index in [1.54, 1.807) is 18.2 Å². The van der Waals surface area contributed by atoms with Crippen LogP contribution in [0.4, 0.5) is 11.4 Å². The minimum absolute atomic E-state index is 0.120. The average Bonchev–Trinajstić information content (AvgIpc) is 3.22. The van der Waals surface area contributed by atoms with Gasteiger partial charge in [-0.3, -0.25) is 14.9 Å².